The first-order chi connectivity index (χ1) is 11.1. The van der Waals surface area contributed by atoms with E-state index < -0.39 is 5.97 Å². The summed E-state index contributed by atoms with van der Waals surface area (Å²) in [6.45, 7) is 0. The highest BCUT2D eigenvalue weighted by molar-refractivity contribution is 8.00. The number of carbonyl (C=O) groups is 1. The largest absolute Gasteiger partial charge is 0.480 e. The minimum Gasteiger partial charge on any atom is -0.480 e. The molecule has 0 radical (unpaired) electrons. The molecule has 1 atom stereocenters. The van der Waals surface area contributed by atoms with Gasteiger partial charge in [-0.1, -0.05) is 54.8 Å². The number of carboxylic acid groups (broad SMARTS) is 1. The van der Waals surface area contributed by atoms with E-state index in [1.54, 1.807) is 0 Å². The molecule has 0 aliphatic carbocycles. The van der Waals surface area contributed by atoms with Gasteiger partial charge in [0.05, 0.1) is 0 Å². The van der Waals surface area contributed by atoms with Gasteiger partial charge < -0.3 is 5.11 Å². The van der Waals surface area contributed by atoms with Crippen molar-refractivity contribution < 1.29 is 9.90 Å². The second kappa shape index (κ2) is 9.64. The summed E-state index contributed by atoms with van der Waals surface area (Å²) in [4.78, 5) is 12.4. The molecule has 0 bridgehead atoms. The standard InChI is InChI=1S/C19H21ClO2S/c20-16-13-11-15(12-14-16)7-3-1-6-10-18(19(21)22)23-17-8-4-2-5-9-17/h2,4-5,8-9,11-14,18H,1,3,6-7,10H2,(H,21,22). The van der Waals surface area contributed by atoms with E-state index in [2.05, 4.69) is 0 Å². The highest BCUT2D eigenvalue weighted by atomic mass is 35.5. The van der Waals surface area contributed by atoms with Gasteiger partial charge in [-0.15, -0.1) is 11.8 Å². The number of hydrogen-bond acceptors (Lipinski definition) is 2. The molecule has 0 heterocycles. The molecule has 0 spiro atoms. The zero-order valence-corrected chi connectivity index (χ0v) is 14.5. The van der Waals surface area contributed by atoms with E-state index in [4.69, 9.17) is 11.6 Å². The lowest BCUT2D eigenvalue weighted by molar-refractivity contribution is -0.136. The number of hydrogen-bond donors (Lipinski definition) is 1. The van der Waals surface area contributed by atoms with Crippen molar-refractivity contribution in [1.29, 1.82) is 0 Å². The van der Waals surface area contributed by atoms with E-state index >= 15 is 0 Å². The first-order valence-electron chi connectivity index (χ1n) is 7.84. The van der Waals surface area contributed by atoms with Crippen LogP contribution in [0.2, 0.25) is 5.02 Å². The van der Waals surface area contributed by atoms with E-state index in [1.807, 2.05) is 54.6 Å². The molecule has 0 aliphatic heterocycles. The van der Waals surface area contributed by atoms with Gasteiger partial charge in [0.1, 0.15) is 5.25 Å². The lowest BCUT2D eigenvalue weighted by Crippen LogP contribution is -2.16. The SMILES string of the molecule is O=C(O)C(CCCCCc1ccc(Cl)cc1)Sc1ccccc1. The summed E-state index contributed by atoms with van der Waals surface area (Å²) in [6, 6.07) is 17.7. The number of unbranched alkanes of at least 4 members (excludes halogenated alkanes) is 2. The molecule has 2 aromatic rings. The van der Waals surface area contributed by atoms with Crippen molar-refractivity contribution in [3.63, 3.8) is 0 Å². The van der Waals surface area contributed by atoms with Gasteiger partial charge in [-0.2, -0.15) is 0 Å². The van der Waals surface area contributed by atoms with Crippen molar-refractivity contribution in [2.45, 2.75) is 42.2 Å². The molecule has 2 nitrogen and oxygen atoms in total. The lowest BCUT2D eigenvalue weighted by Gasteiger charge is -2.12. The molecule has 0 saturated heterocycles. The Morgan fingerprint density at radius 3 is 2.35 bits per heavy atom. The number of aliphatic carboxylic acids is 1. The summed E-state index contributed by atoms with van der Waals surface area (Å²) in [5.74, 6) is -0.725. The summed E-state index contributed by atoms with van der Waals surface area (Å²) >= 11 is 7.31. The number of aryl methyl sites for hydroxylation is 1. The fraction of sp³-hybridized carbons (Fsp3) is 0.316. The minimum absolute atomic E-state index is 0.368. The molecule has 2 rings (SSSR count). The zero-order valence-electron chi connectivity index (χ0n) is 13.0. The van der Waals surface area contributed by atoms with Crippen LogP contribution in [0.5, 0.6) is 0 Å². The molecule has 4 heteroatoms. The van der Waals surface area contributed by atoms with Gasteiger partial charge in [-0.25, -0.2) is 0 Å². The topological polar surface area (TPSA) is 37.3 Å². The zero-order chi connectivity index (χ0) is 16.5. The van der Waals surface area contributed by atoms with Crippen molar-refractivity contribution >= 4 is 29.3 Å². The van der Waals surface area contributed by atoms with Gasteiger partial charge >= 0.3 is 5.97 Å². The van der Waals surface area contributed by atoms with Crippen LogP contribution >= 0.6 is 23.4 Å². The molecule has 0 amide bonds. The number of halogens is 1. The minimum atomic E-state index is -0.725. The first kappa shape index (κ1) is 17.9. The highest BCUT2D eigenvalue weighted by Crippen LogP contribution is 2.27. The Kier molecular flexibility index (Phi) is 7.50. The smallest absolute Gasteiger partial charge is 0.316 e. The summed E-state index contributed by atoms with van der Waals surface area (Å²) in [7, 11) is 0. The molecular formula is C19H21ClO2S. The molecule has 0 aliphatic rings. The van der Waals surface area contributed by atoms with Crippen molar-refractivity contribution in [1.82, 2.24) is 0 Å². The van der Waals surface area contributed by atoms with Crippen LogP contribution in [-0.2, 0) is 11.2 Å². The van der Waals surface area contributed by atoms with Crippen LogP contribution < -0.4 is 0 Å². The summed E-state index contributed by atoms with van der Waals surface area (Å²) < 4.78 is 0. The van der Waals surface area contributed by atoms with Crippen LogP contribution in [0.15, 0.2) is 59.5 Å². The number of carboxylic acids is 1. The Morgan fingerprint density at radius 1 is 1.00 bits per heavy atom. The number of benzene rings is 2. The summed E-state index contributed by atoms with van der Waals surface area (Å²) in [5.41, 5.74) is 1.28. The third-order valence-electron chi connectivity index (χ3n) is 3.64. The summed E-state index contributed by atoms with van der Waals surface area (Å²) in [6.07, 6.45) is 4.77. The molecule has 2 aromatic carbocycles. The molecule has 0 fully saturated rings. The van der Waals surface area contributed by atoms with Crippen molar-refractivity contribution in [3.05, 3.63) is 65.2 Å². The number of thioether (sulfide) groups is 1. The fourth-order valence-electron chi connectivity index (χ4n) is 2.38. The van der Waals surface area contributed by atoms with Gasteiger partial charge in [0.2, 0.25) is 0 Å². The van der Waals surface area contributed by atoms with Gasteiger partial charge in [-0.05, 0) is 49.1 Å². The predicted octanol–water partition coefficient (Wildman–Crippen LogP) is 5.69. The lowest BCUT2D eigenvalue weighted by atomic mass is 10.1. The normalized spacial score (nSPS) is 12.0. The van der Waals surface area contributed by atoms with Crippen molar-refractivity contribution in [2.75, 3.05) is 0 Å². The Labute approximate surface area is 146 Å². The van der Waals surface area contributed by atoms with Crippen LogP contribution in [0.3, 0.4) is 0 Å². The van der Waals surface area contributed by atoms with Gasteiger partial charge in [0.25, 0.3) is 0 Å². The highest BCUT2D eigenvalue weighted by Gasteiger charge is 2.18. The maximum absolute atomic E-state index is 11.4. The van der Waals surface area contributed by atoms with Crippen LogP contribution in [-0.4, -0.2) is 16.3 Å². The third-order valence-corrected chi connectivity index (χ3v) is 5.16. The Morgan fingerprint density at radius 2 is 1.70 bits per heavy atom. The Bertz CT molecular complexity index is 599. The average molecular weight is 349 g/mol. The molecule has 1 N–H and O–H groups in total. The molecule has 0 saturated carbocycles. The molecule has 1 unspecified atom stereocenters. The van der Waals surface area contributed by atoms with Crippen LogP contribution in [0.1, 0.15) is 31.2 Å². The van der Waals surface area contributed by atoms with Gasteiger partial charge in [0, 0.05) is 9.92 Å². The van der Waals surface area contributed by atoms with E-state index in [0.29, 0.717) is 6.42 Å². The number of rotatable bonds is 9. The van der Waals surface area contributed by atoms with E-state index in [-0.39, 0.29) is 5.25 Å². The quantitative estimate of drug-likeness (QED) is 0.467. The maximum Gasteiger partial charge on any atom is 0.316 e. The third kappa shape index (κ3) is 6.67. The maximum atomic E-state index is 11.4. The predicted molar refractivity (Wildman–Crippen MR) is 97.3 cm³/mol. The van der Waals surface area contributed by atoms with Crippen LogP contribution in [0, 0.1) is 0 Å². The fourth-order valence-corrected chi connectivity index (χ4v) is 3.54. The Balaban J connectivity index is 1.70. The molecule has 0 aromatic heterocycles. The van der Waals surface area contributed by atoms with Crippen LogP contribution in [0.25, 0.3) is 0 Å². The van der Waals surface area contributed by atoms with Crippen LogP contribution in [0.4, 0.5) is 0 Å². The molecule has 122 valence electrons. The first-order valence-corrected chi connectivity index (χ1v) is 9.10. The summed E-state index contributed by atoms with van der Waals surface area (Å²) in [5, 5.41) is 9.75. The van der Waals surface area contributed by atoms with E-state index in [1.165, 1.54) is 17.3 Å². The van der Waals surface area contributed by atoms with Crippen molar-refractivity contribution in [2.24, 2.45) is 0 Å². The second-order valence-electron chi connectivity index (χ2n) is 5.48. The van der Waals surface area contributed by atoms with Gasteiger partial charge in [-0.3, -0.25) is 4.79 Å². The van der Waals surface area contributed by atoms with Crippen molar-refractivity contribution in [3.8, 4) is 0 Å². The second-order valence-corrected chi connectivity index (χ2v) is 7.20. The van der Waals surface area contributed by atoms with Gasteiger partial charge in [0.15, 0.2) is 0 Å². The molecular weight excluding hydrogens is 328 g/mol. The molecule has 23 heavy (non-hydrogen) atoms. The Hall–Kier alpha value is -1.45. The average Bonchev–Trinajstić information content (AvgIpc) is 2.56. The monoisotopic (exact) mass is 348 g/mol. The van der Waals surface area contributed by atoms with E-state index in [0.717, 1.165) is 35.6 Å². The van der Waals surface area contributed by atoms with E-state index in [9.17, 15) is 9.90 Å².